The zero-order valence-electron chi connectivity index (χ0n) is 12.2. The van der Waals surface area contributed by atoms with Crippen molar-refractivity contribution in [1.29, 1.82) is 0 Å². The van der Waals surface area contributed by atoms with Crippen LogP contribution in [-0.2, 0) is 4.74 Å². The average molecular weight is 396 g/mol. The van der Waals surface area contributed by atoms with E-state index in [0.717, 1.165) is 5.56 Å². The van der Waals surface area contributed by atoms with Crippen LogP contribution in [0.25, 0.3) is 0 Å². The minimum atomic E-state index is -0.371. The van der Waals surface area contributed by atoms with Crippen LogP contribution < -0.4 is 4.74 Å². The fraction of sp³-hybridized carbons (Fsp3) is 0.250. The number of benzene rings is 2. The Balaban J connectivity index is 2.41. The summed E-state index contributed by atoms with van der Waals surface area (Å²) in [5.41, 5.74) is 0.928. The van der Waals surface area contributed by atoms with Crippen LogP contribution in [0.2, 0.25) is 20.1 Å². The third-order valence-corrected chi connectivity index (χ3v) is 4.87. The van der Waals surface area contributed by atoms with E-state index in [-0.39, 0.29) is 37.7 Å². The van der Waals surface area contributed by atoms with E-state index in [2.05, 4.69) is 0 Å². The molecule has 2 rings (SSSR count). The quantitative estimate of drug-likeness (QED) is 0.595. The van der Waals surface area contributed by atoms with Gasteiger partial charge in [-0.2, -0.15) is 0 Å². The van der Waals surface area contributed by atoms with Gasteiger partial charge >= 0.3 is 0 Å². The molecule has 124 valence electrons. The molecule has 1 atom stereocenters. The normalized spacial score (nSPS) is 12.2. The topological polar surface area (TPSA) is 38.7 Å². The third kappa shape index (κ3) is 4.17. The first-order chi connectivity index (χ1) is 11.0. The molecule has 0 fully saturated rings. The van der Waals surface area contributed by atoms with E-state index in [9.17, 15) is 5.11 Å². The minimum Gasteiger partial charge on any atom is -0.505 e. The molecule has 0 aliphatic heterocycles. The second-order valence-corrected chi connectivity index (χ2v) is 6.24. The van der Waals surface area contributed by atoms with Crippen molar-refractivity contribution in [1.82, 2.24) is 0 Å². The number of phenolic OH excluding ortho intramolecular Hbond substituents is 1. The molecule has 0 heterocycles. The Morgan fingerprint density at radius 3 is 2.04 bits per heavy atom. The van der Waals surface area contributed by atoms with Crippen LogP contribution in [0.4, 0.5) is 0 Å². The Morgan fingerprint density at radius 1 is 0.957 bits per heavy atom. The molecule has 23 heavy (non-hydrogen) atoms. The van der Waals surface area contributed by atoms with Gasteiger partial charge in [0.1, 0.15) is 26.2 Å². The number of phenols is 1. The highest BCUT2D eigenvalue weighted by molar-refractivity contribution is 6.50. The molecule has 2 aromatic rings. The predicted molar refractivity (Wildman–Crippen MR) is 94.5 cm³/mol. The molecule has 0 bridgehead atoms. The van der Waals surface area contributed by atoms with Gasteiger partial charge in [-0.25, -0.2) is 0 Å². The first-order valence-electron chi connectivity index (χ1n) is 6.72. The fourth-order valence-corrected chi connectivity index (χ4v) is 2.95. The number of halogens is 4. The van der Waals surface area contributed by atoms with Crippen LogP contribution >= 0.6 is 46.4 Å². The van der Waals surface area contributed by atoms with Crippen molar-refractivity contribution in [3.8, 4) is 11.5 Å². The molecule has 0 saturated carbocycles. The molecule has 1 unspecified atom stereocenters. The summed E-state index contributed by atoms with van der Waals surface area (Å²) in [6.45, 7) is 0.481. The largest absolute Gasteiger partial charge is 0.505 e. The summed E-state index contributed by atoms with van der Waals surface area (Å²) in [5, 5.41) is 9.59. The first-order valence-corrected chi connectivity index (χ1v) is 8.24. The lowest BCUT2D eigenvalue weighted by atomic mass is 10.1. The molecule has 0 aromatic heterocycles. The van der Waals surface area contributed by atoms with Crippen molar-refractivity contribution in [2.75, 3.05) is 13.7 Å². The van der Waals surface area contributed by atoms with Gasteiger partial charge in [0.2, 0.25) is 0 Å². The van der Waals surface area contributed by atoms with Crippen molar-refractivity contribution in [2.45, 2.75) is 12.5 Å². The summed E-state index contributed by atoms with van der Waals surface area (Å²) in [4.78, 5) is 0. The maximum absolute atomic E-state index is 9.78. The van der Waals surface area contributed by atoms with E-state index >= 15 is 0 Å². The lowest BCUT2D eigenvalue weighted by molar-refractivity contribution is 0.126. The van der Waals surface area contributed by atoms with Gasteiger partial charge in [-0.15, -0.1) is 0 Å². The molecule has 0 saturated heterocycles. The molecule has 0 spiro atoms. The zero-order valence-corrected chi connectivity index (χ0v) is 15.2. The molecule has 2 aromatic carbocycles. The lowest BCUT2D eigenvalue weighted by Gasteiger charge is -2.22. The Labute approximate surface area is 154 Å². The van der Waals surface area contributed by atoms with Crippen molar-refractivity contribution >= 4 is 46.4 Å². The van der Waals surface area contributed by atoms with Gasteiger partial charge in [-0.1, -0.05) is 76.7 Å². The van der Waals surface area contributed by atoms with Crippen LogP contribution in [0.1, 0.15) is 18.1 Å². The van der Waals surface area contributed by atoms with Gasteiger partial charge < -0.3 is 14.6 Å². The van der Waals surface area contributed by atoms with E-state index in [4.69, 9.17) is 55.9 Å². The Bertz CT molecular complexity index is 648. The number of methoxy groups -OCH3 is 1. The first kappa shape index (κ1) is 18.5. The van der Waals surface area contributed by atoms with E-state index in [1.807, 2.05) is 30.3 Å². The van der Waals surface area contributed by atoms with Gasteiger partial charge in [0.15, 0.2) is 11.5 Å². The summed E-state index contributed by atoms with van der Waals surface area (Å²) < 4.78 is 11.1. The fourth-order valence-electron chi connectivity index (χ4n) is 2.03. The molecule has 7 heteroatoms. The lowest BCUT2D eigenvalue weighted by Crippen LogP contribution is -2.11. The second-order valence-electron chi connectivity index (χ2n) is 4.73. The smallest absolute Gasteiger partial charge is 0.160 e. The molecule has 3 nitrogen and oxygen atoms in total. The average Bonchev–Trinajstić information content (AvgIpc) is 2.58. The number of hydrogen-bond donors (Lipinski definition) is 1. The highest BCUT2D eigenvalue weighted by atomic mass is 35.5. The minimum absolute atomic E-state index is 0.0110. The Morgan fingerprint density at radius 2 is 1.52 bits per heavy atom. The molecular formula is C16H14Cl4O3. The molecule has 1 N–H and O–H groups in total. The monoisotopic (exact) mass is 394 g/mol. The van der Waals surface area contributed by atoms with Crippen molar-refractivity contribution in [3.63, 3.8) is 0 Å². The van der Waals surface area contributed by atoms with Crippen LogP contribution in [0.3, 0.4) is 0 Å². The summed E-state index contributed by atoms with van der Waals surface area (Å²) in [6, 6.07) is 9.56. The summed E-state index contributed by atoms with van der Waals surface area (Å²) >= 11 is 24.2. The second kappa shape index (κ2) is 8.32. The number of rotatable bonds is 6. The van der Waals surface area contributed by atoms with Crippen molar-refractivity contribution in [3.05, 3.63) is 56.0 Å². The molecule has 0 aliphatic rings. The number of hydrogen-bond acceptors (Lipinski definition) is 3. The van der Waals surface area contributed by atoms with E-state index in [0.29, 0.717) is 13.0 Å². The zero-order chi connectivity index (χ0) is 17.0. The molecule has 0 amide bonds. The molecule has 0 aliphatic carbocycles. The van der Waals surface area contributed by atoms with Gasteiger partial charge in [-0.3, -0.25) is 0 Å². The van der Waals surface area contributed by atoms with E-state index in [1.54, 1.807) is 7.11 Å². The van der Waals surface area contributed by atoms with E-state index in [1.165, 1.54) is 0 Å². The number of ether oxygens (including phenoxy) is 2. The Hall–Kier alpha value is -0.840. The predicted octanol–water partition coefficient (Wildman–Crippen LogP) is 6.16. The molecule has 0 radical (unpaired) electrons. The summed E-state index contributed by atoms with van der Waals surface area (Å²) in [7, 11) is 1.61. The van der Waals surface area contributed by atoms with Crippen LogP contribution in [0.15, 0.2) is 30.3 Å². The van der Waals surface area contributed by atoms with Gasteiger partial charge in [0, 0.05) is 13.5 Å². The summed E-state index contributed by atoms with van der Waals surface area (Å²) in [6.07, 6.45) is 0.214. The summed E-state index contributed by atoms with van der Waals surface area (Å²) in [5.74, 6) is -0.241. The van der Waals surface area contributed by atoms with Gasteiger partial charge in [-0.05, 0) is 5.56 Å². The third-order valence-electron chi connectivity index (χ3n) is 3.22. The van der Waals surface area contributed by atoms with Crippen LogP contribution in [0, 0.1) is 0 Å². The van der Waals surface area contributed by atoms with E-state index < -0.39 is 0 Å². The Kier molecular flexibility index (Phi) is 6.69. The highest BCUT2D eigenvalue weighted by Crippen LogP contribution is 2.50. The van der Waals surface area contributed by atoms with Crippen LogP contribution in [-0.4, -0.2) is 18.8 Å². The van der Waals surface area contributed by atoms with Gasteiger partial charge in [0.05, 0.1) is 6.61 Å². The maximum atomic E-state index is 9.78. The van der Waals surface area contributed by atoms with Crippen molar-refractivity contribution in [2.24, 2.45) is 0 Å². The maximum Gasteiger partial charge on any atom is 0.160 e. The molecular weight excluding hydrogens is 382 g/mol. The van der Waals surface area contributed by atoms with Gasteiger partial charge in [0.25, 0.3) is 0 Å². The standard InChI is InChI=1S/C16H14Cl4O3/c1-22-8-7-10(9-5-3-2-4-6-9)23-16-13(19)11(17)15(21)12(18)14(16)20/h2-6,10,21H,7-8H2,1H3. The number of aromatic hydroxyl groups is 1. The van der Waals surface area contributed by atoms with Crippen molar-refractivity contribution < 1.29 is 14.6 Å². The SMILES string of the molecule is COCCC(Oc1c(Cl)c(Cl)c(O)c(Cl)c1Cl)c1ccccc1. The van der Waals surface area contributed by atoms with Crippen LogP contribution in [0.5, 0.6) is 11.5 Å². The highest BCUT2D eigenvalue weighted by Gasteiger charge is 2.24.